The average Bonchev–Trinajstić information content (AvgIpc) is 3.76. The van der Waals surface area contributed by atoms with E-state index in [1.807, 2.05) is 22.7 Å². The Bertz CT molecular complexity index is 3070. The van der Waals surface area contributed by atoms with Gasteiger partial charge in [-0.3, -0.25) is 0 Å². The minimum absolute atomic E-state index is 1.23. The molecule has 11 rings (SSSR count). The third kappa shape index (κ3) is 4.04. The Morgan fingerprint density at radius 3 is 1.56 bits per heavy atom. The van der Waals surface area contributed by atoms with Crippen molar-refractivity contribution in [1.82, 2.24) is 0 Å². The Morgan fingerprint density at radius 2 is 0.840 bits per heavy atom. The fourth-order valence-corrected chi connectivity index (χ4v) is 10.7. The van der Waals surface area contributed by atoms with Crippen LogP contribution in [0.3, 0.4) is 0 Å². The summed E-state index contributed by atoms with van der Waals surface area (Å²) >= 11 is 3.86. The summed E-state index contributed by atoms with van der Waals surface area (Å²) in [6.45, 7) is 0. The predicted molar refractivity (Wildman–Crippen MR) is 221 cm³/mol. The van der Waals surface area contributed by atoms with Gasteiger partial charge < -0.3 is 0 Å². The zero-order valence-corrected chi connectivity index (χ0v) is 28.6. The molecule has 0 aliphatic heterocycles. The molecule has 0 fully saturated rings. The fourth-order valence-electron chi connectivity index (χ4n) is 8.29. The summed E-state index contributed by atoms with van der Waals surface area (Å²) in [6, 6.07) is 62.9. The first-order chi connectivity index (χ1) is 24.8. The molecule has 2 heteroatoms. The molecule has 0 unspecified atom stereocenters. The van der Waals surface area contributed by atoms with E-state index >= 15 is 0 Å². The molecule has 0 spiro atoms. The van der Waals surface area contributed by atoms with Crippen molar-refractivity contribution in [2.45, 2.75) is 0 Å². The van der Waals surface area contributed by atoms with E-state index in [2.05, 4.69) is 170 Å². The van der Waals surface area contributed by atoms with E-state index in [4.69, 9.17) is 0 Å². The van der Waals surface area contributed by atoms with E-state index in [9.17, 15) is 0 Å². The van der Waals surface area contributed by atoms with Gasteiger partial charge in [-0.05, 0) is 78.3 Å². The maximum absolute atomic E-state index is 2.50. The summed E-state index contributed by atoms with van der Waals surface area (Å²) in [7, 11) is 0. The molecule has 0 amide bonds. The van der Waals surface area contributed by atoms with Crippen molar-refractivity contribution >= 4 is 95.3 Å². The van der Waals surface area contributed by atoms with Crippen molar-refractivity contribution < 1.29 is 0 Å². The number of benzene rings is 9. The topological polar surface area (TPSA) is 0 Å². The van der Waals surface area contributed by atoms with Gasteiger partial charge in [0.05, 0.1) is 0 Å². The Kier molecular flexibility index (Phi) is 6.09. The highest BCUT2D eigenvalue weighted by molar-refractivity contribution is 7.28. The molecule has 2 aromatic heterocycles. The Hall–Kier alpha value is -5.80. The van der Waals surface area contributed by atoms with Crippen LogP contribution in [0.1, 0.15) is 0 Å². The average molecular weight is 669 g/mol. The second kappa shape index (κ2) is 10.9. The summed E-state index contributed by atoms with van der Waals surface area (Å²) in [5.41, 5.74) is 7.64. The van der Waals surface area contributed by atoms with Crippen molar-refractivity contribution in [2.24, 2.45) is 0 Å². The van der Waals surface area contributed by atoms with E-state index in [1.54, 1.807) is 0 Å². The highest BCUT2D eigenvalue weighted by Gasteiger charge is 2.23. The summed E-state index contributed by atoms with van der Waals surface area (Å²) in [5.74, 6) is 0. The molecule has 0 atom stereocenters. The second-order valence-corrected chi connectivity index (χ2v) is 15.3. The normalized spacial score (nSPS) is 12.0. The largest absolute Gasteiger partial charge is 0.135 e. The third-order valence-electron chi connectivity index (χ3n) is 10.5. The van der Waals surface area contributed by atoms with Crippen LogP contribution < -0.4 is 0 Å². The van der Waals surface area contributed by atoms with Gasteiger partial charge in [0.1, 0.15) is 0 Å². The molecular weight excluding hydrogens is 641 g/mol. The lowest BCUT2D eigenvalue weighted by Gasteiger charge is -2.18. The molecule has 0 aliphatic rings. The van der Waals surface area contributed by atoms with Gasteiger partial charge in [0.2, 0.25) is 0 Å². The molecular formula is C48H28S2. The molecule has 11 aromatic rings. The molecule has 50 heavy (non-hydrogen) atoms. The monoisotopic (exact) mass is 668 g/mol. The van der Waals surface area contributed by atoms with E-state index < -0.39 is 0 Å². The maximum Gasteiger partial charge on any atom is 0.0441 e. The zero-order valence-electron chi connectivity index (χ0n) is 27.0. The van der Waals surface area contributed by atoms with Crippen molar-refractivity contribution in [3.63, 3.8) is 0 Å². The van der Waals surface area contributed by atoms with Crippen molar-refractivity contribution in [3.05, 3.63) is 170 Å². The molecule has 9 aromatic carbocycles. The second-order valence-electron chi connectivity index (χ2n) is 13.1. The fraction of sp³-hybridized carbons (Fsp3) is 0. The summed E-state index contributed by atoms with van der Waals surface area (Å²) in [6.07, 6.45) is 0. The molecule has 0 saturated heterocycles. The van der Waals surface area contributed by atoms with Gasteiger partial charge in [0.25, 0.3) is 0 Å². The van der Waals surface area contributed by atoms with Gasteiger partial charge in [-0.1, -0.05) is 152 Å². The molecule has 2 heterocycles. The molecule has 0 saturated carbocycles. The molecule has 0 nitrogen and oxygen atoms in total. The minimum Gasteiger partial charge on any atom is -0.135 e. The zero-order chi connectivity index (χ0) is 32.8. The van der Waals surface area contributed by atoms with Crippen LogP contribution in [0.2, 0.25) is 0 Å². The van der Waals surface area contributed by atoms with Crippen molar-refractivity contribution in [1.29, 1.82) is 0 Å². The number of hydrogen-bond acceptors (Lipinski definition) is 2. The molecule has 0 aliphatic carbocycles. The highest BCUT2D eigenvalue weighted by Crippen LogP contribution is 2.53. The maximum atomic E-state index is 2.50. The van der Waals surface area contributed by atoms with Crippen molar-refractivity contribution in [2.75, 3.05) is 0 Å². The Balaban J connectivity index is 1.28. The van der Waals surface area contributed by atoms with Crippen LogP contribution >= 0.6 is 22.7 Å². The van der Waals surface area contributed by atoms with Gasteiger partial charge in [0, 0.05) is 45.9 Å². The molecule has 0 radical (unpaired) electrons. The SMILES string of the molecule is c1ccc(-c2ccc(-c3c4ccccc4c(-c4cc5sc6ccccc6c5c5c4sc4ccc6ccccc6c45)c4ccccc34)cc2)cc1. The first kappa shape index (κ1) is 28.1. The Morgan fingerprint density at radius 1 is 0.300 bits per heavy atom. The lowest BCUT2D eigenvalue weighted by Crippen LogP contribution is -1.91. The van der Waals surface area contributed by atoms with Gasteiger partial charge in [-0.15, -0.1) is 22.7 Å². The summed E-state index contributed by atoms with van der Waals surface area (Å²) < 4.78 is 5.38. The van der Waals surface area contributed by atoms with Gasteiger partial charge in [-0.2, -0.15) is 0 Å². The van der Waals surface area contributed by atoms with Crippen molar-refractivity contribution in [3.8, 4) is 33.4 Å². The minimum atomic E-state index is 1.23. The molecule has 0 bridgehead atoms. The van der Waals surface area contributed by atoms with E-state index in [0.717, 1.165) is 0 Å². The summed E-state index contributed by atoms with van der Waals surface area (Å²) in [4.78, 5) is 0. The highest BCUT2D eigenvalue weighted by atomic mass is 32.1. The lowest BCUT2D eigenvalue weighted by atomic mass is 9.85. The first-order valence-corrected chi connectivity index (χ1v) is 18.7. The first-order valence-electron chi connectivity index (χ1n) is 17.1. The number of thiophene rings is 2. The van der Waals surface area contributed by atoms with Crippen LogP contribution in [-0.4, -0.2) is 0 Å². The van der Waals surface area contributed by atoms with E-state index in [1.165, 1.54) is 106 Å². The molecule has 232 valence electrons. The number of fused-ring (bicyclic) bond motifs is 11. The molecule has 0 N–H and O–H groups in total. The smallest absolute Gasteiger partial charge is 0.0441 e. The Labute approximate surface area is 297 Å². The van der Waals surface area contributed by atoms with Gasteiger partial charge in [-0.25, -0.2) is 0 Å². The van der Waals surface area contributed by atoms with Crippen LogP contribution in [-0.2, 0) is 0 Å². The predicted octanol–water partition coefficient (Wildman–Crippen LogP) is 14.9. The van der Waals surface area contributed by atoms with Crippen LogP contribution in [0, 0.1) is 0 Å². The lowest BCUT2D eigenvalue weighted by molar-refractivity contribution is 1.61. The van der Waals surface area contributed by atoms with Gasteiger partial charge in [0.15, 0.2) is 0 Å². The number of hydrogen-bond donors (Lipinski definition) is 0. The van der Waals surface area contributed by atoms with E-state index in [0.29, 0.717) is 0 Å². The van der Waals surface area contributed by atoms with Crippen LogP contribution in [0.5, 0.6) is 0 Å². The van der Waals surface area contributed by atoms with Crippen LogP contribution in [0.15, 0.2) is 170 Å². The van der Waals surface area contributed by atoms with Crippen LogP contribution in [0.25, 0.3) is 106 Å². The summed E-state index contributed by atoms with van der Waals surface area (Å²) in [5, 5.41) is 13.3. The standard InChI is InChI=1S/C48H28S2/c1-2-12-29(13-3-1)30-22-24-32(25-23-30)43-34-16-6-8-18-36(34)44(37-19-9-7-17-35(37)43)39-28-42-46(38-20-10-11-21-40(38)49-42)47-45-33-15-5-4-14-31(33)26-27-41(45)50-48(39)47/h1-28H. The number of rotatable bonds is 3. The van der Waals surface area contributed by atoms with Gasteiger partial charge >= 0.3 is 0 Å². The quantitative estimate of drug-likeness (QED) is 0.164. The van der Waals surface area contributed by atoms with E-state index in [-0.39, 0.29) is 0 Å². The van der Waals surface area contributed by atoms with Crippen LogP contribution in [0.4, 0.5) is 0 Å². The third-order valence-corrected chi connectivity index (χ3v) is 12.8.